The average molecular weight is 334 g/mol. The molecule has 0 radical (unpaired) electrons. The molecule has 1 aromatic rings. The molecule has 0 saturated carbocycles. The number of ether oxygens (including phenoxy) is 1. The number of hydrogen-bond donors (Lipinski definition) is 0. The molecule has 0 atom stereocenters. The van der Waals surface area contributed by atoms with E-state index in [9.17, 15) is 8.42 Å². The Labute approximate surface area is 133 Å². The number of likely N-dealkylation sites (N-methyl/N-ethyl adjacent to an activating group) is 1. The maximum atomic E-state index is 12.8. The van der Waals surface area contributed by atoms with Gasteiger partial charge in [-0.05, 0) is 43.5 Å². The molecule has 0 saturated heterocycles. The number of benzene rings is 1. The molecule has 0 N–H and O–H groups in total. The molecule has 0 amide bonds. The van der Waals surface area contributed by atoms with Crippen molar-refractivity contribution in [3.05, 3.63) is 28.8 Å². The SMILES string of the molecule is CCOCCN(CC)S(=O)(=O)c1cc(CCl)c(C)cc1C. The van der Waals surface area contributed by atoms with Crippen LogP contribution in [0.5, 0.6) is 0 Å². The van der Waals surface area contributed by atoms with Crippen molar-refractivity contribution in [3.8, 4) is 0 Å². The summed E-state index contributed by atoms with van der Waals surface area (Å²) in [6.07, 6.45) is 0. The molecule has 0 bridgehead atoms. The van der Waals surface area contributed by atoms with Gasteiger partial charge in [0.25, 0.3) is 0 Å². The van der Waals surface area contributed by atoms with Gasteiger partial charge in [-0.15, -0.1) is 11.6 Å². The first kappa shape index (κ1) is 18.4. The normalized spacial score (nSPS) is 12.1. The zero-order chi connectivity index (χ0) is 16.0. The smallest absolute Gasteiger partial charge is 0.243 e. The predicted molar refractivity (Wildman–Crippen MR) is 86.4 cm³/mol. The van der Waals surface area contributed by atoms with E-state index in [1.165, 1.54) is 4.31 Å². The van der Waals surface area contributed by atoms with Crippen LogP contribution in [0.25, 0.3) is 0 Å². The third-order valence-corrected chi connectivity index (χ3v) is 5.84. The molecule has 0 aromatic heterocycles. The summed E-state index contributed by atoms with van der Waals surface area (Å²) in [6.45, 7) is 9.22. The molecule has 0 aliphatic rings. The van der Waals surface area contributed by atoms with Crippen molar-refractivity contribution in [2.45, 2.75) is 38.5 Å². The second kappa shape index (κ2) is 8.13. The standard InChI is InChI=1S/C15H24ClNO3S/c1-5-17(7-8-20-6-2)21(18,19)15-10-14(11-16)12(3)9-13(15)4/h9-10H,5-8,11H2,1-4H3. The summed E-state index contributed by atoms with van der Waals surface area (Å²) in [6, 6.07) is 3.57. The van der Waals surface area contributed by atoms with Crippen molar-refractivity contribution in [1.29, 1.82) is 0 Å². The molecule has 4 nitrogen and oxygen atoms in total. The fourth-order valence-electron chi connectivity index (χ4n) is 2.19. The maximum Gasteiger partial charge on any atom is 0.243 e. The van der Waals surface area contributed by atoms with Crippen molar-refractivity contribution in [3.63, 3.8) is 0 Å². The minimum Gasteiger partial charge on any atom is -0.380 e. The van der Waals surface area contributed by atoms with E-state index < -0.39 is 10.0 Å². The van der Waals surface area contributed by atoms with Gasteiger partial charge >= 0.3 is 0 Å². The first-order valence-electron chi connectivity index (χ1n) is 7.12. The van der Waals surface area contributed by atoms with E-state index in [0.29, 0.717) is 37.1 Å². The second-order valence-electron chi connectivity index (χ2n) is 4.87. The molecule has 0 aliphatic carbocycles. The number of alkyl halides is 1. The van der Waals surface area contributed by atoms with Crippen LogP contribution in [0.2, 0.25) is 0 Å². The molecule has 6 heteroatoms. The summed E-state index contributed by atoms with van der Waals surface area (Å²) in [5.41, 5.74) is 2.61. The lowest BCUT2D eigenvalue weighted by atomic mass is 10.1. The zero-order valence-electron chi connectivity index (χ0n) is 13.1. The lowest BCUT2D eigenvalue weighted by molar-refractivity contribution is 0.135. The quantitative estimate of drug-likeness (QED) is 0.542. The highest BCUT2D eigenvalue weighted by molar-refractivity contribution is 7.89. The monoisotopic (exact) mass is 333 g/mol. The molecule has 21 heavy (non-hydrogen) atoms. The zero-order valence-corrected chi connectivity index (χ0v) is 14.7. The Kier molecular flexibility index (Phi) is 7.13. The van der Waals surface area contributed by atoms with E-state index in [0.717, 1.165) is 16.7 Å². The Morgan fingerprint density at radius 2 is 1.86 bits per heavy atom. The van der Waals surface area contributed by atoms with E-state index in [1.807, 2.05) is 33.8 Å². The lowest BCUT2D eigenvalue weighted by Crippen LogP contribution is -2.34. The first-order chi connectivity index (χ1) is 9.88. The van der Waals surface area contributed by atoms with Crippen LogP contribution in [0.15, 0.2) is 17.0 Å². The van der Waals surface area contributed by atoms with Crippen molar-refractivity contribution in [2.24, 2.45) is 0 Å². The fraction of sp³-hybridized carbons (Fsp3) is 0.600. The van der Waals surface area contributed by atoms with E-state index in [-0.39, 0.29) is 0 Å². The Morgan fingerprint density at radius 1 is 1.19 bits per heavy atom. The van der Waals surface area contributed by atoms with Gasteiger partial charge < -0.3 is 4.74 Å². The van der Waals surface area contributed by atoms with Crippen LogP contribution in [-0.4, -0.2) is 39.0 Å². The summed E-state index contributed by atoms with van der Waals surface area (Å²) in [5, 5.41) is 0. The fourth-order valence-corrected chi connectivity index (χ4v) is 4.17. The molecule has 0 spiro atoms. The van der Waals surface area contributed by atoms with Crippen LogP contribution >= 0.6 is 11.6 Å². The van der Waals surface area contributed by atoms with Gasteiger partial charge in [-0.1, -0.05) is 13.0 Å². The lowest BCUT2D eigenvalue weighted by Gasteiger charge is -2.22. The number of halogens is 1. The van der Waals surface area contributed by atoms with E-state index in [4.69, 9.17) is 16.3 Å². The van der Waals surface area contributed by atoms with Crippen molar-refractivity contribution < 1.29 is 13.2 Å². The minimum absolute atomic E-state index is 0.305. The average Bonchev–Trinajstić information content (AvgIpc) is 2.43. The highest BCUT2D eigenvalue weighted by Gasteiger charge is 2.25. The number of nitrogens with zero attached hydrogens (tertiary/aromatic N) is 1. The third kappa shape index (κ3) is 4.42. The molecular formula is C15H24ClNO3S. The Morgan fingerprint density at radius 3 is 2.38 bits per heavy atom. The number of rotatable bonds is 8. The highest BCUT2D eigenvalue weighted by Crippen LogP contribution is 2.24. The summed E-state index contributed by atoms with van der Waals surface area (Å²) in [7, 11) is -3.52. The Hall–Kier alpha value is -0.620. The van der Waals surface area contributed by atoms with Crippen LogP contribution in [0.4, 0.5) is 0 Å². The molecule has 1 aromatic carbocycles. The summed E-state index contributed by atoms with van der Waals surface area (Å²) in [5.74, 6) is 0.305. The van der Waals surface area contributed by atoms with Gasteiger partial charge in [0.2, 0.25) is 10.0 Å². The largest absolute Gasteiger partial charge is 0.380 e. The van der Waals surface area contributed by atoms with E-state index >= 15 is 0 Å². The highest BCUT2D eigenvalue weighted by atomic mass is 35.5. The number of hydrogen-bond acceptors (Lipinski definition) is 3. The van der Waals surface area contributed by atoms with Gasteiger partial charge in [-0.25, -0.2) is 8.42 Å². The van der Waals surface area contributed by atoms with Crippen LogP contribution in [0.3, 0.4) is 0 Å². The molecule has 0 heterocycles. The van der Waals surface area contributed by atoms with Crippen LogP contribution < -0.4 is 0 Å². The summed E-state index contributed by atoms with van der Waals surface area (Å²) >= 11 is 5.89. The number of aryl methyl sites for hydroxylation is 2. The maximum absolute atomic E-state index is 12.8. The molecule has 0 fully saturated rings. The van der Waals surface area contributed by atoms with E-state index in [1.54, 1.807) is 6.07 Å². The summed E-state index contributed by atoms with van der Waals surface area (Å²) in [4.78, 5) is 0.335. The van der Waals surface area contributed by atoms with Gasteiger partial charge in [-0.3, -0.25) is 0 Å². The van der Waals surface area contributed by atoms with Gasteiger partial charge in [-0.2, -0.15) is 4.31 Å². The predicted octanol–water partition coefficient (Wildman–Crippen LogP) is 3.09. The molecule has 0 unspecified atom stereocenters. The van der Waals surface area contributed by atoms with Gasteiger partial charge in [0.15, 0.2) is 0 Å². The van der Waals surface area contributed by atoms with Crippen LogP contribution in [0.1, 0.15) is 30.5 Å². The second-order valence-corrected chi connectivity index (χ2v) is 7.05. The third-order valence-electron chi connectivity index (χ3n) is 3.44. The number of sulfonamides is 1. The first-order valence-corrected chi connectivity index (χ1v) is 9.09. The van der Waals surface area contributed by atoms with Crippen LogP contribution in [0, 0.1) is 13.8 Å². The van der Waals surface area contributed by atoms with E-state index in [2.05, 4.69) is 0 Å². The van der Waals surface area contributed by atoms with Gasteiger partial charge in [0.1, 0.15) is 0 Å². The topological polar surface area (TPSA) is 46.6 Å². The summed E-state index contributed by atoms with van der Waals surface area (Å²) < 4.78 is 32.3. The van der Waals surface area contributed by atoms with Crippen molar-refractivity contribution >= 4 is 21.6 Å². The molecule has 0 aliphatic heterocycles. The Balaban J connectivity index is 3.16. The molecular weight excluding hydrogens is 310 g/mol. The van der Waals surface area contributed by atoms with Gasteiger partial charge in [0.05, 0.1) is 11.5 Å². The Bertz CT molecular complexity index is 573. The molecule has 1 rings (SSSR count). The van der Waals surface area contributed by atoms with Crippen LogP contribution in [-0.2, 0) is 20.6 Å². The van der Waals surface area contributed by atoms with Gasteiger partial charge in [0, 0.05) is 25.6 Å². The van der Waals surface area contributed by atoms with Crippen molar-refractivity contribution in [1.82, 2.24) is 4.31 Å². The minimum atomic E-state index is -3.52. The molecule has 120 valence electrons. The van der Waals surface area contributed by atoms with Crippen molar-refractivity contribution in [2.75, 3.05) is 26.3 Å².